The molecule has 0 saturated carbocycles. The lowest BCUT2D eigenvalue weighted by Crippen LogP contribution is -2.56. The number of ether oxygens (including phenoxy) is 1. The molecule has 5 nitrogen and oxygen atoms in total. The number of nitrogens with zero attached hydrogens (tertiary/aromatic N) is 1. The molecule has 0 spiro atoms. The first-order valence-corrected chi connectivity index (χ1v) is 7.11. The van der Waals surface area contributed by atoms with Gasteiger partial charge in [-0.05, 0) is 19.3 Å². The minimum absolute atomic E-state index is 0.0693. The fourth-order valence-electron chi connectivity index (χ4n) is 2.13. The molecule has 2 unspecified atom stereocenters. The zero-order chi connectivity index (χ0) is 14.6. The highest BCUT2D eigenvalue weighted by Gasteiger charge is 2.30. The zero-order valence-corrected chi connectivity index (χ0v) is 12.9. The molecule has 1 amide bonds. The molecule has 0 radical (unpaired) electrons. The molecule has 0 aromatic rings. The first kappa shape index (κ1) is 16.4. The second-order valence-electron chi connectivity index (χ2n) is 6.53. The molecular weight excluding hydrogens is 242 g/mol. The SMILES string of the molecule is CC(NC(=O)[C@@H](N)C(C)(C)C)C(C)N1CCOCC1. The summed E-state index contributed by atoms with van der Waals surface area (Å²) in [5.41, 5.74) is 5.76. The summed E-state index contributed by atoms with van der Waals surface area (Å²) in [5.74, 6) is -0.0693. The summed E-state index contributed by atoms with van der Waals surface area (Å²) in [6.45, 7) is 13.5. The van der Waals surface area contributed by atoms with Crippen molar-refractivity contribution in [3.63, 3.8) is 0 Å². The minimum atomic E-state index is -0.480. The Kier molecular flexibility index (Phi) is 5.77. The van der Waals surface area contributed by atoms with E-state index in [1.165, 1.54) is 0 Å². The van der Waals surface area contributed by atoms with E-state index in [1.54, 1.807) is 0 Å². The number of nitrogens with one attached hydrogen (secondary N) is 1. The number of hydrogen-bond acceptors (Lipinski definition) is 4. The lowest BCUT2D eigenvalue weighted by molar-refractivity contribution is -0.125. The van der Waals surface area contributed by atoms with Crippen LogP contribution in [-0.4, -0.2) is 55.2 Å². The molecule has 0 aromatic heterocycles. The maximum Gasteiger partial charge on any atom is 0.237 e. The van der Waals surface area contributed by atoms with Crippen LogP contribution in [0.15, 0.2) is 0 Å². The molecule has 3 N–H and O–H groups in total. The number of amides is 1. The van der Waals surface area contributed by atoms with Crippen LogP contribution in [0.3, 0.4) is 0 Å². The summed E-state index contributed by atoms with van der Waals surface area (Å²) < 4.78 is 5.34. The van der Waals surface area contributed by atoms with Crippen molar-refractivity contribution >= 4 is 5.91 Å². The Labute approximate surface area is 116 Å². The molecule has 1 rings (SSSR count). The Balaban J connectivity index is 2.49. The van der Waals surface area contributed by atoms with Gasteiger partial charge in [0.15, 0.2) is 0 Å². The smallest absolute Gasteiger partial charge is 0.237 e. The van der Waals surface area contributed by atoms with E-state index in [0.29, 0.717) is 6.04 Å². The van der Waals surface area contributed by atoms with Crippen molar-refractivity contribution in [2.24, 2.45) is 11.1 Å². The van der Waals surface area contributed by atoms with E-state index in [4.69, 9.17) is 10.5 Å². The van der Waals surface area contributed by atoms with E-state index in [2.05, 4.69) is 17.1 Å². The van der Waals surface area contributed by atoms with Crippen molar-refractivity contribution in [1.82, 2.24) is 10.2 Å². The number of morpholine rings is 1. The Hall–Kier alpha value is -0.650. The van der Waals surface area contributed by atoms with Gasteiger partial charge in [0.25, 0.3) is 0 Å². The van der Waals surface area contributed by atoms with Gasteiger partial charge >= 0.3 is 0 Å². The molecule has 1 aliphatic heterocycles. The van der Waals surface area contributed by atoms with Crippen LogP contribution in [0.2, 0.25) is 0 Å². The van der Waals surface area contributed by atoms with Gasteiger partial charge in [-0.3, -0.25) is 9.69 Å². The van der Waals surface area contributed by atoms with E-state index < -0.39 is 6.04 Å². The molecule has 3 atom stereocenters. The van der Waals surface area contributed by atoms with Gasteiger partial charge in [0.1, 0.15) is 0 Å². The Morgan fingerprint density at radius 1 is 1.26 bits per heavy atom. The minimum Gasteiger partial charge on any atom is -0.379 e. The van der Waals surface area contributed by atoms with Crippen molar-refractivity contribution < 1.29 is 9.53 Å². The largest absolute Gasteiger partial charge is 0.379 e. The second-order valence-corrected chi connectivity index (χ2v) is 6.53. The highest BCUT2D eigenvalue weighted by Crippen LogP contribution is 2.17. The molecule has 19 heavy (non-hydrogen) atoms. The highest BCUT2D eigenvalue weighted by molar-refractivity contribution is 5.82. The topological polar surface area (TPSA) is 67.6 Å². The van der Waals surface area contributed by atoms with Crippen LogP contribution in [0.5, 0.6) is 0 Å². The first-order valence-electron chi connectivity index (χ1n) is 7.11. The van der Waals surface area contributed by atoms with Crippen molar-refractivity contribution in [2.45, 2.75) is 52.7 Å². The van der Waals surface area contributed by atoms with Crippen molar-refractivity contribution in [3.8, 4) is 0 Å². The molecule has 1 heterocycles. The summed E-state index contributed by atoms with van der Waals surface area (Å²) in [6, 6.07) is -0.106. The first-order chi connectivity index (χ1) is 8.73. The Bertz CT molecular complexity index is 296. The van der Waals surface area contributed by atoms with Crippen LogP contribution in [0, 0.1) is 5.41 Å². The maximum absolute atomic E-state index is 12.1. The van der Waals surface area contributed by atoms with Crippen molar-refractivity contribution in [2.75, 3.05) is 26.3 Å². The summed E-state index contributed by atoms with van der Waals surface area (Å²) >= 11 is 0. The van der Waals surface area contributed by atoms with Gasteiger partial charge in [-0.2, -0.15) is 0 Å². The summed E-state index contributed by atoms with van der Waals surface area (Å²) in [6.07, 6.45) is 0. The third-order valence-corrected chi connectivity index (χ3v) is 3.93. The molecule has 1 saturated heterocycles. The number of rotatable bonds is 4. The highest BCUT2D eigenvalue weighted by atomic mass is 16.5. The van der Waals surface area contributed by atoms with Crippen LogP contribution in [0.4, 0.5) is 0 Å². The summed E-state index contributed by atoms with van der Waals surface area (Å²) in [5, 5.41) is 3.04. The van der Waals surface area contributed by atoms with Gasteiger partial charge in [0, 0.05) is 25.2 Å². The van der Waals surface area contributed by atoms with Gasteiger partial charge in [-0.15, -0.1) is 0 Å². The van der Waals surface area contributed by atoms with Crippen molar-refractivity contribution in [3.05, 3.63) is 0 Å². The average Bonchev–Trinajstić information content (AvgIpc) is 2.36. The Morgan fingerprint density at radius 2 is 1.79 bits per heavy atom. The molecular formula is C14H29N3O2. The number of carbonyl (C=O) groups is 1. The Morgan fingerprint density at radius 3 is 2.26 bits per heavy atom. The van der Waals surface area contributed by atoms with Gasteiger partial charge in [0.05, 0.1) is 19.3 Å². The second kappa shape index (κ2) is 6.68. The van der Waals surface area contributed by atoms with Crippen LogP contribution < -0.4 is 11.1 Å². The van der Waals surface area contributed by atoms with E-state index in [1.807, 2.05) is 27.7 Å². The lowest BCUT2D eigenvalue weighted by Gasteiger charge is -2.36. The van der Waals surface area contributed by atoms with E-state index >= 15 is 0 Å². The summed E-state index contributed by atoms with van der Waals surface area (Å²) in [4.78, 5) is 14.5. The van der Waals surface area contributed by atoms with Gasteiger partial charge in [-0.25, -0.2) is 0 Å². The molecule has 1 aliphatic rings. The predicted molar refractivity (Wildman–Crippen MR) is 76.9 cm³/mol. The quantitative estimate of drug-likeness (QED) is 0.785. The third-order valence-electron chi connectivity index (χ3n) is 3.93. The normalized spacial score (nSPS) is 22.6. The molecule has 0 aliphatic carbocycles. The fraction of sp³-hybridized carbons (Fsp3) is 0.929. The molecule has 5 heteroatoms. The molecule has 1 fully saturated rings. The van der Waals surface area contributed by atoms with E-state index in [0.717, 1.165) is 26.3 Å². The number of nitrogens with two attached hydrogens (primary N) is 1. The fourth-order valence-corrected chi connectivity index (χ4v) is 2.13. The van der Waals surface area contributed by atoms with E-state index in [9.17, 15) is 4.79 Å². The predicted octanol–water partition coefficient (Wildman–Crippen LogP) is 0.585. The van der Waals surface area contributed by atoms with Crippen LogP contribution in [0.25, 0.3) is 0 Å². The third kappa shape index (κ3) is 4.75. The standard InChI is InChI=1S/C14H29N3O2/c1-10(11(2)17-6-8-19-9-7-17)16-13(18)12(15)14(3,4)5/h10-12H,6-9,15H2,1-5H3,(H,16,18)/t10?,11?,12-/m1/s1. The monoisotopic (exact) mass is 271 g/mol. The van der Waals surface area contributed by atoms with Crippen LogP contribution >= 0.6 is 0 Å². The zero-order valence-electron chi connectivity index (χ0n) is 12.9. The van der Waals surface area contributed by atoms with Gasteiger partial charge in [-0.1, -0.05) is 20.8 Å². The number of hydrogen-bond donors (Lipinski definition) is 2. The molecule has 0 aromatic carbocycles. The van der Waals surface area contributed by atoms with Crippen molar-refractivity contribution in [1.29, 1.82) is 0 Å². The number of carbonyl (C=O) groups excluding carboxylic acids is 1. The van der Waals surface area contributed by atoms with E-state index in [-0.39, 0.29) is 17.4 Å². The van der Waals surface area contributed by atoms with Gasteiger partial charge < -0.3 is 15.8 Å². The van der Waals surface area contributed by atoms with Crippen LogP contribution in [0.1, 0.15) is 34.6 Å². The summed E-state index contributed by atoms with van der Waals surface area (Å²) in [7, 11) is 0. The lowest BCUT2D eigenvalue weighted by atomic mass is 9.86. The maximum atomic E-state index is 12.1. The van der Waals surface area contributed by atoms with Gasteiger partial charge in [0.2, 0.25) is 5.91 Å². The van der Waals surface area contributed by atoms with Crippen LogP contribution in [-0.2, 0) is 9.53 Å². The molecule has 0 bridgehead atoms. The molecule has 112 valence electrons. The average molecular weight is 271 g/mol.